The Kier molecular flexibility index (Phi) is 43.1. The highest BCUT2D eigenvalue weighted by Gasteiger charge is 2.28. The maximum atomic E-state index is 12.7. The van der Waals surface area contributed by atoms with Crippen LogP contribution >= 0.6 is 7.82 Å². The summed E-state index contributed by atoms with van der Waals surface area (Å²) >= 11 is 0. The molecule has 0 amide bonds. The number of hydrogen-bond acceptors (Lipinski definition) is 9. The van der Waals surface area contributed by atoms with Gasteiger partial charge < -0.3 is 25.2 Å². The van der Waals surface area contributed by atoms with E-state index in [1.807, 2.05) is 0 Å². The molecule has 0 heterocycles. The topological polar surface area (TPSA) is 172 Å². The van der Waals surface area contributed by atoms with E-state index >= 15 is 0 Å². The minimum Gasteiger partial charge on any atom is -0.480 e. The molecule has 0 rings (SSSR count). The Morgan fingerprint density at radius 3 is 1.20 bits per heavy atom. The largest absolute Gasteiger partial charge is 0.480 e. The fourth-order valence-electron chi connectivity index (χ4n) is 7.00. The third-order valence-corrected chi connectivity index (χ3v) is 11.9. The highest BCUT2D eigenvalue weighted by Crippen LogP contribution is 2.43. The predicted molar refractivity (Wildman–Crippen MR) is 249 cm³/mol. The van der Waals surface area contributed by atoms with Gasteiger partial charge in [0, 0.05) is 12.8 Å². The van der Waals surface area contributed by atoms with Crippen molar-refractivity contribution in [3.63, 3.8) is 0 Å². The highest BCUT2D eigenvalue weighted by atomic mass is 31.2. The van der Waals surface area contributed by atoms with E-state index in [2.05, 4.69) is 42.7 Å². The van der Waals surface area contributed by atoms with E-state index in [0.29, 0.717) is 12.8 Å². The second-order valence-electron chi connectivity index (χ2n) is 16.9. The van der Waals surface area contributed by atoms with Crippen molar-refractivity contribution >= 4 is 25.7 Å². The summed E-state index contributed by atoms with van der Waals surface area (Å²) in [7, 11) is -4.72. The van der Waals surface area contributed by atoms with Gasteiger partial charge >= 0.3 is 25.7 Å². The summed E-state index contributed by atoms with van der Waals surface area (Å²) in [5.74, 6) is -2.37. The van der Waals surface area contributed by atoms with Crippen molar-refractivity contribution < 1.29 is 47.5 Å². The summed E-state index contributed by atoms with van der Waals surface area (Å²) in [6.07, 6.45) is 48.1. The number of rotatable bonds is 47. The third kappa shape index (κ3) is 44.4. The molecule has 11 nitrogen and oxygen atoms in total. The molecule has 0 aromatic heterocycles. The lowest BCUT2D eigenvalue weighted by Gasteiger charge is -2.20. The lowest BCUT2D eigenvalue weighted by atomic mass is 10.1. The minimum absolute atomic E-state index is 0.160. The summed E-state index contributed by atoms with van der Waals surface area (Å²) in [5.41, 5.74) is 5.35. The van der Waals surface area contributed by atoms with Gasteiger partial charge in [-0.15, -0.1) is 0 Å². The van der Waals surface area contributed by atoms with Crippen molar-refractivity contribution in [2.24, 2.45) is 5.73 Å². The van der Waals surface area contributed by atoms with Crippen molar-refractivity contribution in [1.29, 1.82) is 0 Å². The van der Waals surface area contributed by atoms with E-state index in [-0.39, 0.29) is 19.4 Å². The van der Waals surface area contributed by atoms with E-state index in [1.165, 1.54) is 154 Å². The molecule has 0 aromatic rings. The number of carboxylic acids is 1. The second-order valence-corrected chi connectivity index (χ2v) is 18.4. The van der Waals surface area contributed by atoms with Gasteiger partial charge in [0.2, 0.25) is 0 Å². The molecule has 3 atom stereocenters. The van der Waals surface area contributed by atoms with E-state index < -0.39 is 51.1 Å². The molecule has 12 heteroatoms. The predicted octanol–water partition coefficient (Wildman–Crippen LogP) is 13.8. The number of aliphatic carboxylic acids is 1. The van der Waals surface area contributed by atoms with Crippen molar-refractivity contribution in [3.8, 4) is 0 Å². The number of carboxylic acid groups (broad SMARTS) is 1. The minimum atomic E-state index is -4.72. The van der Waals surface area contributed by atoms with E-state index in [9.17, 15) is 23.8 Å². The van der Waals surface area contributed by atoms with Crippen LogP contribution in [0.3, 0.4) is 0 Å². The molecule has 0 aliphatic carbocycles. The molecule has 0 aliphatic heterocycles. The van der Waals surface area contributed by atoms with E-state index in [0.717, 1.165) is 44.9 Å². The molecule has 0 saturated heterocycles. The van der Waals surface area contributed by atoms with Gasteiger partial charge in [0.25, 0.3) is 0 Å². The SMILES string of the molecule is CCCCCCCC/C=C\CCCCCCCCCCCC(=O)OC(COC(=O)CCCCCCCCC/C=C\CCCCCCCCC)COP(=O)(O)OCC(N)C(=O)O. The van der Waals surface area contributed by atoms with Crippen LogP contribution in [0.4, 0.5) is 0 Å². The fraction of sp³-hybridized carbons (Fsp3) is 0.857. The molecule has 3 unspecified atom stereocenters. The standard InChI is InChI=1S/C49H92NO10P/c1-3-5-7-9-11-13-15-17-19-21-23-25-27-29-31-33-35-37-39-41-48(52)60-45(43-58-61(55,56)59-44-46(50)49(53)54)42-57-47(51)40-38-36-34-32-30-28-26-24-22-20-18-16-14-12-10-8-6-4-2/h17,19-20,22,45-46H,3-16,18,21,23-44,50H2,1-2H3,(H,53,54)(H,55,56)/b19-17-,22-20-. The molecule has 4 N–H and O–H groups in total. The first-order valence-electron chi connectivity index (χ1n) is 24.9. The molecule has 0 saturated carbocycles. The number of carbonyl (C=O) groups is 3. The molecule has 0 aromatic carbocycles. The molecular weight excluding hydrogens is 794 g/mol. The maximum Gasteiger partial charge on any atom is 0.472 e. The van der Waals surface area contributed by atoms with Crippen LogP contribution in [0.15, 0.2) is 24.3 Å². The van der Waals surface area contributed by atoms with Crippen LogP contribution in [0, 0.1) is 0 Å². The first-order valence-corrected chi connectivity index (χ1v) is 26.4. The fourth-order valence-corrected chi connectivity index (χ4v) is 7.78. The number of phosphoric acid groups is 1. The van der Waals surface area contributed by atoms with Gasteiger partial charge in [-0.25, -0.2) is 4.57 Å². The summed E-state index contributed by atoms with van der Waals surface area (Å²) in [6.45, 7) is 2.83. The lowest BCUT2D eigenvalue weighted by molar-refractivity contribution is -0.161. The second kappa shape index (κ2) is 44.6. The van der Waals surface area contributed by atoms with Gasteiger partial charge in [-0.2, -0.15) is 0 Å². The number of unbranched alkanes of at least 4 members (excludes halogenated alkanes) is 29. The van der Waals surface area contributed by atoms with Gasteiger partial charge in [-0.3, -0.25) is 23.4 Å². The average molecular weight is 886 g/mol. The smallest absolute Gasteiger partial charge is 0.472 e. The normalized spacial score (nSPS) is 13.8. The van der Waals surface area contributed by atoms with Crippen LogP contribution in [-0.2, 0) is 37.5 Å². The maximum absolute atomic E-state index is 12.7. The van der Waals surface area contributed by atoms with Gasteiger partial charge in [0.15, 0.2) is 6.10 Å². The summed E-state index contributed by atoms with van der Waals surface area (Å²) in [5, 5.41) is 8.91. The Labute approximate surface area is 372 Å². The van der Waals surface area contributed by atoms with Crippen LogP contribution in [0.25, 0.3) is 0 Å². The number of ether oxygens (including phenoxy) is 2. The van der Waals surface area contributed by atoms with Crippen molar-refractivity contribution in [2.45, 2.75) is 251 Å². The number of allylic oxidation sites excluding steroid dienone is 4. The van der Waals surface area contributed by atoms with Gasteiger partial charge in [-0.1, -0.05) is 186 Å². The van der Waals surface area contributed by atoms with Gasteiger partial charge in [0.05, 0.1) is 13.2 Å². The van der Waals surface area contributed by atoms with Crippen LogP contribution in [0.1, 0.15) is 239 Å². The van der Waals surface area contributed by atoms with Gasteiger partial charge in [-0.05, 0) is 64.2 Å². The number of esters is 2. The van der Waals surface area contributed by atoms with Gasteiger partial charge in [0.1, 0.15) is 12.6 Å². The third-order valence-electron chi connectivity index (χ3n) is 10.9. The zero-order chi connectivity index (χ0) is 44.9. The molecule has 0 aliphatic rings. The molecule has 358 valence electrons. The monoisotopic (exact) mass is 886 g/mol. The summed E-state index contributed by atoms with van der Waals surface area (Å²) in [4.78, 5) is 46.1. The number of hydrogen-bond donors (Lipinski definition) is 3. The molecule has 0 spiro atoms. The molecule has 0 fully saturated rings. The Balaban J connectivity index is 4.27. The highest BCUT2D eigenvalue weighted by molar-refractivity contribution is 7.47. The molecule has 0 bridgehead atoms. The van der Waals surface area contributed by atoms with Crippen LogP contribution in [0.5, 0.6) is 0 Å². The van der Waals surface area contributed by atoms with Crippen molar-refractivity contribution in [2.75, 3.05) is 19.8 Å². The molecule has 0 radical (unpaired) electrons. The Bertz CT molecular complexity index is 1130. The lowest BCUT2D eigenvalue weighted by Crippen LogP contribution is -2.34. The quantitative estimate of drug-likeness (QED) is 0.0230. The summed E-state index contributed by atoms with van der Waals surface area (Å²) in [6, 6.07) is -1.52. The average Bonchev–Trinajstić information content (AvgIpc) is 3.24. The summed E-state index contributed by atoms with van der Waals surface area (Å²) < 4.78 is 32.8. The number of nitrogens with two attached hydrogens (primary N) is 1. The number of phosphoric ester groups is 1. The molecular formula is C49H92NO10P. The van der Waals surface area contributed by atoms with E-state index in [1.54, 1.807) is 0 Å². The van der Waals surface area contributed by atoms with E-state index in [4.69, 9.17) is 24.8 Å². The molecule has 61 heavy (non-hydrogen) atoms. The van der Waals surface area contributed by atoms with Crippen molar-refractivity contribution in [1.82, 2.24) is 0 Å². The van der Waals surface area contributed by atoms with Crippen LogP contribution in [0.2, 0.25) is 0 Å². The zero-order valence-electron chi connectivity index (χ0n) is 39.0. The van der Waals surface area contributed by atoms with Crippen molar-refractivity contribution in [3.05, 3.63) is 24.3 Å². The first-order chi connectivity index (χ1) is 29.6. The Morgan fingerprint density at radius 1 is 0.492 bits per heavy atom. The van der Waals surface area contributed by atoms with Crippen LogP contribution < -0.4 is 5.73 Å². The number of carbonyl (C=O) groups excluding carboxylic acids is 2. The first kappa shape index (κ1) is 59.0. The van der Waals surface area contributed by atoms with Crippen LogP contribution in [-0.4, -0.2) is 59.9 Å². The Morgan fingerprint density at radius 2 is 0.820 bits per heavy atom. The Hall–Kier alpha value is -2.04. The zero-order valence-corrected chi connectivity index (χ0v) is 39.9.